The maximum atomic E-state index is 11.3. The molecule has 4 nitrogen and oxygen atoms in total. The van der Waals surface area contributed by atoms with Crippen LogP contribution in [0.2, 0.25) is 0 Å². The van der Waals surface area contributed by atoms with Crippen molar-refractivity contribution in [2.45, 2.75) is 77.0 Å². The number of rotatable bonds is 1. The number of hydrogen-bond acceptors (Lipinski definition) is 3. The number of para-hydroxylation sites is 2. The molecule has 6 rings (SSSR count). The summed E-state index contributed by atoms with van der Waals surface area (Å²) in [5.74, 6) is 1.42. The lowest BCUT2D eigenvalue weighted by molar-refractivity contribution is -0.0902. The first-order valence-electron chi connectivity index (χ1n) is 11.9. The Morgan fingerprint density at radius 3 is 2.70 bits per heavy atom. The van der Waals surface area contributed by atoms with Gasteiger partial charge in [-0.05, 0) is 85.7 Å². The fraction of sp³-hybridized carbons (Fsp3) is 0.654. The van der Waals surface area contributed by atoms with Gasteiger partial charge in [0.1, 0.15) is 0 Å². The van der Waals surface area contributed by atoms with E-state index in [1.165, 1.54) is 36.8 Å². The molecule has 2 aromatic rings. The summed E-state index contributed by atoms with van der Waals surface area (Å²) in [6.07, 6.45) is 11.1. The maximum absolute atomic E-state index is 11.3. The number of benzene rings is 1. The molecule has 5 unspecified atom stereocenters. The summed E-state index contributed by atoms with van der Waals surface area (Å²) in [5.41, 5.74) is 4.00. The molecule has 160 valence electrons. The van der Waals surface area contributed by atoms with Gasteiger partial charge < -0.3 is 14.8 Å². The van der Waals surface area contributed by atoms with Crippen LogP contribution in [0.5, 0.6) is 0 Å². The first kappa shape index (κ1) is 19.1. The van der Waals surface area contributed by atoms with Gasteiger partial charge in [0.25, 0.3) is 0 Å². The van der Waals surface area contributed by atoms with Gasteiger partial charge in [-0.3, -0.25) is 0 Å². The molecule has 30 heavy (non-hydrogen) atoms. The molecule has 1 aromatic heterocycles. The molecule has 0 spiro atoms. The Labute approximate surface area is 179 Å². The second-order valence-corrected chi connectivity index (χ2v) is 11.1. The van der Waals surface area contributed by atoms with Gasteiger partial charge >= 0.3 is 0 Å². The molecule has 0 amide bonds. The summed E-state index contributed by atoms with van der Waals surface area (Å²) < 4.78 is 2.44. The monoisotopic (exact) mass is 406 g/mol. The van der Waals surface area contributed by atoms with E-state index < -0.39 is 0 Å². The molecule has 1 heterocycles. The predicted octanol–water partition coefficient (Wildman–Crippen LogP) is 4.87. The van der Waals surface area contributed by atoms with Gasteiger partial charge in [0.05, 0.1) is 29.6 Å². The molecule has 0 saturated heterocycles. The zero-order valence-electron chi connectivity index (χ0n) is 18.2. The largest absolute Gasteiger partial charge is 0.393 e. The van der Waals surface area contributed by atoms with Crippen molar-refractivity contribution in [3.8, 4) is 0 Å². The molecule has 3 saturated carbocycles. The SMILES string of the molecule is C[C@]12CCC3C(C(O)C=C4C[C@@H](O)CC[C@@]43C)C1CCC2n1cnc2ccccc21. The third kappa shape index (κ3) is 2.44. The van der Waals surface area contributed by atoms with E-state index in [9.17, 15) is 10.2 Å². The Morgan fingerprint density at radius 2 is 1.83 bits per heavy atom. The van der Waals surface area contributed by atoms with E-state index in [4.69, 9.17) is 0 Å². The van der Waals surface area contributed by atoms with Crippen molar-refractivity contribution in [2.75, 3.05) is 0 Å². The van der Waals surface area contributed by atoms with Crippen molar-refractivity contribution < 1.29 is 10.2 Å². The Hall–Kier alpha value is -1.65. The van der Waals surface area contributed by atoms with Crippen molar-refractivity contribution in [3.63, 3.8) is 0 Å². The summed E-state index contributed by atoms with van der Waals surface area (Å²) in [4.78, 5) is 4.68. The minimum absolute atomic E-state index is 0.157. The minimum atomic E-state index is -0.369. The van der Waals surface area contributed by atoms with Crippen LogP contribution in [0, 0.1) is 28.6 Å². The van der Waals surface area contributed by atoms with E-state index in [0.717, 1.165) is 24.8 Å². The van der Waals surface area contributed by atoms with Crippen LogP contribution in [-0.4, -0.2) is 32.0 Å². The first-order chi connectivity index (χ1) is 14.4. The first-order valence-corrected chi connectivity index (χ1v) is 11.9. The number of nitrogens with zero attached hydrogens (tertiary/aromatic N) is 2. The number of aliphatic hydroxyl groups is 2. The van der Waals surface area contributed by atoms with Crippen molar-refractivity contribution in [3.05, 3.63) is 42.2 Å². The van der Waals surface area contributed by atoms with Gasteiger partial charge in [-0.1, -0.05) is 37.6 Å². The zero-order chi connectivity index (χ0) is 20.7. The highest BCUT2D eigenvalue weighted by Gasteiger charge is 2.61. The van der Waals surface area contributed by atoms with Gasteiger partial charge in [-0.2, -0.15) is 0 Å². The van der Waals surface area contributed by atoms with Gasteiger partial charge in [0.15, 0.2) is 0 Å². The van der Waals surface area contributed by atoms with Gasteiger partial charge in [-0.15, -0.1) is 0 Å². The highest BCUT2D eigenvalue weighted by molar-refractivity contribution is 5.75. The average molecular weight is 407 g/mol. The zero-order valence-corrected chi connectivity index (χ0v) is 18.2. The molecule has 1 aromatic carbocycles. The van der Waals surface area contributed by atoms with Crippen LogP contribution in [-0.2, 0) is 0 Å². The van der Waals surface area contributed by atoms with E-state index in [-0.39, 0.29) is 23.0 Å². The van der Waals surface area contributed by atoms with Crippen LogP contribution in [0.25, 0.3) is 11.0 Å². The minimum Gasteiger partial charge on any atom is -0.393 e. The van der Waals surface area contributed by atoms with E-state index >= 15 is 0 Å². The number of fused-ring (bicyclic) bond motifs is 6. The topological polar surface area (TPSA) is 58.3 Å². The highest BCUT2D eigenvalue weighted by Crippen LogP contribution is 2.67. The third-order valence-electron chi connectivity index (χ3n) is 9.87. The van der Waals surface area contributed by atoms with Gasteiger partial charge in [0.2, 0.25) is 0 Å². The molecular formula is C26H34N2O2. The van der Waals surface area contributed by atoms with E-state index in [1.807, 2.05) is 6.33 Å². The van der Waals surface area contributed by atoms with Crippen molar-refractivity contribution in [1.82, 2.24) is 9.55 Å². The molecule has 4 aliphatic rings. The number of hydrogen-bond donors (Lipinski definition) is 2. The molecule has 0 aliphatic heterocycles. The number of imidazole rings is 1. The lowest BCUT2D eigenvalue weighted by Gasteiger charge is -2.59. The maximum Gasteiger partial charge on any atom is 0.0961 e. The molecule has 0 bridgehead atoms. The summed E-state index contributed by atoms with van der Waals surface area (Å²) in [5, 5.41) is 21.5. The van der Waals surface area contributed by atoms with Crippen LogP contribution >= 0.6 is 0 Å². The number of aromatic nitrogens is 2. The summed E-state index contributed by atoms with van der Waals surface area (Å²) in [6, 6.07) is 8.93. The number of aliphatic hydroxyl groups excluding tert-OH is 2. The molecule has 8 atom stereocenters. The van der Waals surface area contributed by atoms with Crippen LogP contribution in [0.4, 0.5) is 0 Å². The standard InChI is InChI=1S/C26H34N2O2/c1-25-11-9-17(29)13-16(25)14-22(30)24-18-7-8-23(26(18,2)12-10-19(24)25)28-15-27-20-5-3-4-6-21(20)28/h3-6,14-15,17-19,22-24,29-30H,7-13H2,1-2H3/t17-,18?,19?,22?,23?,24?,25-,26-/m0/s1. The Balaban J connectivity index is 1.38. The predicted molar refractivity (Wildman–Crippen MR) is 118 cm³/mol. The van der Waals surface area contributed by atoms with Crippen molar-refractivity contribution >= 4 is 11.0 Å². The summed E-state index contributed by atoms with van der Waals surface area (Å²) in [7, 11) is 0. The second kappa shape index (κ2) is 6.43. The van der Waals surface area contributed by atoms with Gasteiger partial charge in [-0.25, -0.2) is 4.98 Å². The van der Waals surface area contributed by atoms with Gasteiger partial charge in [0, 0.05) is 6.04 Å². The fourth-order valence-corrected chi connectivity index (χ4v) is 8.29. The molecule has 3 fully saturated rings. The highest BCUT2D eigenvalue weighted by atomic mass is 16.3. The third-order valence-corrected chi connectivity index (χ3v) is 9.87. The Bertz CT molecular complexity index is 1010. The molecule has 4 heteroatoms. The van der Waals surface area contributed by atoms with Crippen LogP contribution in [0.3, 0.4) is 0 Å². The Morgan fingerprint density at radius 1 is 1.00 bits per heavy atom. The van der Waals surface area contributed by atoms with Crippen molar-refractivity contribution in [1.29, 1.82) is 0 Å². The normalized spacial score (nSPS) is 45.5. The lowest BCUT2D eigenvalue weighted by Crippen LogP contribution is -2.54. The molecular weight excluding hydrogens is 372 g/mol. The summed E-state index contributed by atoms with van der Waals surface area (Å²) in [6.45, 7) is 4.91. The Kier molecular flexibility index (Phi) is 4.09. The van der Waals surface area contributed by atoms with Crippen molar-refractivity contribution in [2.24, 2.45) is 28.6 Å². The van der Waals surface area contributed by atoms with Crippen LogP contribution in [0.15, 0.2) is 42.2 Å². The average Bonchev–Trinajstić information content (AvgIpc) is 3.30. The quantitative estimate of drug-likeness (QED) is 0.664. The van der Waals surface area contributed by atoms with Crippen LogP contribution in [0.1, 0.15) is 64.8 Å². The van der Waals surface area contributed by atoms with E-state index in [1.54, 1.807) is 0 Å². The van der Waals surface area contributed by atoms with E-state index in [2.05, 4.69) is 53.7 Å². The molecule has 4 aliphatic carbocycles. The summed E-state index contributed by atoms with van der Waals surface area (Å²) >= 11 is 0. The fourth-order valence-electron chi connectivity index (χ4n) is 8.29. The molecule has 0 radical (unpaired) electrons. The van der Waals surface area contributed by atoms with Crippen LogP contribution < -0.4 is 0 Å². The molecule has 2 N–H and O–H groups in total. The lowest BCUT2D eigenvalue weighted by atomic mass is 9.47. The van der Waals surface area contributed by atoms with E-state index in [0.29, 0.717) is 23.8 Å². The second-order valence-electron chi connectivity index (χ2n) is 11.1. The smallest absolute Gasteiger partial charge is 0.0961 e.